The van der Waals surface area contributed by atoms with Crippen molar-refractivity contribution >= 4 is 28.2 Å². The number of aromatic amines is 2. The van der Waals surface area contributed by atoms with E-state index >= 15 is 0 Å². The summed E-state index contributed by atoms with van der Waals surface area (Å²) in [6.45, 7) is 2.81. The summed E-state index contributed by atoms with van der Waals surface area (Å²) in [4.78, 5) is 10.1. The number of H-pyrrole nitrogens is 2. The van der Waals surface area contributed by atoms with Gasteiger partial charge >= 0.3 is 0 Å². The van der Waals surface area contributed by atoms with Crippen LogP contribution in [0.2, 0.25) is 5.02 Å². The predicted molar refractivity (Wildman–Crippen MR) is 113 cm³/mol. The Morgan fingerprint density at radius 2 is 2.04 bits per heavy atom. The molecule has 1 aliphatic rings. The van der Waals surface area contributed by atoms with Crippen LogP contribution in [0, 0.1) is 0 Å². The second kappa shape index (κ2) is 7.26. The Balaban J connectivity index is 1.33. The number of benzene rings is 1. The van der Waals surface area contributed by atoms with E-state index in [1.54, 1.807) is 0 Å². The number of pyridine rings is 1. The topological polar surface area (TPSA) is 60.6 Å². The molecule has 0 saturated carbocycles. The highest BCUT2D eigenvalue weighted by atomic mass is 35.5. The summed E-state index contributed by atoms with van der Waals surface area (Å²) >= 11 is 6.01. The average molecular weight is 390 g/mol. The van der Waals surface area contributed by atoms with Crippen LogP contribution in [0.15, 0.2) is 61.1 Å². The van der Waals surface area contributed by atoms with Gasteiger partial charge in [-0.25, -0.2) is 4.98 Å². The predicted octanol–water partition coefficient (Wildman–Crippen LogP) is 4.90. The molecule has 5 nitrogen and oxygen atoms in total. The molecule has 0 amide bonds. The summed E-state index contributed by atoms with van der Waals surface area (Å²) in [5, 5.41) is 9.34. The maximum atomic E-state index is 6.01. The largest absolute Gasteiger partial charge is 0.346 e. The molecular weight excluding hydrogens is 370 g/mol. The van der Waals surface area contributed by atoms with E-state index in [0.717, 1.165) is 48.0 Å². The highest BCUT2D eigenvalue weighted by molar-refractivity contribution is 6.30. The first-order valence-corrected chi connectivity index (χ1v) is 9.78. The SMILES string of the molecule is Clc1ccc(-c2[nH]ncc2CN2CC=C(c3c[nH]c4ncccc34)CC2)cc1. The number of nitrogens with one attached hydrogen (secondary N) is 2. The smallest absolute Gasteiger partial charge is 0.137 e. The van der Waals surface area contributed by atoms with Gasteiger partial charge < -0.3 is 4.98 Å². The molecule has 1 aromatic carbocycles. The van der Waals surface area contributed by atoms with Crippen LogP contribution in [0.25, 0.3) is 27.9 Å². The summed E-state index contributed by atoms with van der Waals surface area (Å²) in [6.07, 6.45) is 9.18. The molecule has 2 N–H and O–H groups in total. The number of halogens is 1. The van der Waals surface area contributed by atoms with Crippen molar-refractivity contribution in [3.05, 3.63) is 77.2 Å². The number of nitrogens with zero attached hydrogens (tertiary/aromatic N) is 3. The van der Waals surface area contributed by atoms with E-state index in [2.05, 4.69) is 43.4 Å². The van der Waals surface area contributed by atoms with Crippen LogP contribution >= 0.6 is 11.6 Å². The summed E-state index contributed by atoms with van der Waals surface area (Å²) in [7, 11) is 0. The molecule has 0 radical (unpaired) electrons. The number of hydrogen-bond acceptors (Lipinski definition) is 3. The molecule has 140 valence electrons. The highest BCUT2D eigenvalue weighted by Crippen LogP contribution is 2.30. The maximum Gasteiger partial charge on any atom is 0.137 e. The molecule has 4 heterocycles. The first-order chi connectivity index (χ1) is 13.8. The minimum Gasteiger partial charge on any atom is -0.346 e. The summed E-state index contributed by atoms with van der Waals surface area (Å²) in [6, 6.07) is 12.0. The lowest BCUT2D eigenvalue weighted by atomic mass is 9.99. The molecule has 28 heavy (non-hydrogen) atoms. The molecule has 0 spiro atoms. The van der Waals surface area contributed by atoms with E-state index in [-0.39, 0.29) is 0 Å². The zero-order valence-electron chi connectivity index (χ0n) is 15.3. The van der Waals surface area contributed by atoms with Crippen molar-refractivity contribution in [1.82, 2.24) is 25.1 Å². The zero-order valence-corrected chi connectivity index (χ0v) is 16.1. The van der Waals surface area contributed by atoms with Gasteiger partial charge in [0.1, 0.15) is 5.65 Å². The van der Waals surface area contributed by atoms with E-state index in [9.17, 15) is 0 Å². The van der Waals surface area contributed by atoms with Crippen molar-refractivity contribution in [3.63, 3.8) is 0 Å². The van der Waals surface area contributed by atoms with Crippen LogP contribution in [-0.4, -0.2) is 38.2 Å². The standard InChI is InChI=1S/C22H20ClN5/c23-18-5-3-16(4-6-18)21-17(12-26-27-21)14-28-10-7-15(8-11-28)20-13-25-22-19(20)2-1-9-24-22/h1-7,9,12-13H,8,10-11,14H2,(H,24,25)(H,26,27). The third-order valence-corrected chi connectivity index (χ3v) is 5.59. The molecular formula is C22H20ClN5. The van der Waals surface area contributed by atoms with E-state index < -0.39 is 0 Å². The minimum absolute atomic E-state index is 0.742. The van der Waals surface area contributed by atoms with Crippen molar-refractivity contribution in [1.29, 1.82) is 0 Å². The van der Waals surface area contributed by atoms with E-state index in [1.807, 2.05) is 42.7 Å². The Bertz CT molecular complexity index is 1140. The Morgan fingerprint density at radius 3 is 2.86 bits per heavy atom. The van der Waals surface area contributed by atoms with Gasteiger partial charge in [-0.05, 0) is 41.8 Å². The fourth-order valence-electron chi connectivity index (χ4n) is 3.86. The lowest BCUT2D eigenvalue weighted by molar-refractivity contribution is 0.294. The monoisotopic (exact) mass is 389 g/mol. The average Bonchev–Trinajstić information content (AvgIpc) is 3.36. The van der Waals surface area contributed by atoms with Gasteiger partial charge in [0.2, 0.25) is 0 Å². The Kier molecular flexibility index (Phi) is 4.47. The third kappa shape index (κ3) is 3.23. The third-order valence-electron chi connectivity index (χ3n) is 5.34. The Hall–Kier alpha value is -2.89. The molecule has 5 rings (SSSR count). The molecule has 6 heteroatoms. The van der Waals surface area contributed by atoms with Crippen LogP contribution in [0.5, 0.6) is 0 Å². The molecule has 4 aromatic rings. The van der Waals surface area contributed by atoms with Gasteiger partial charge in [-0.3, -0.25) is 10.00 Å². The normalized spacial score (nSPS) is 15.1. The van der Waals surface area contributed by atoms with Crippen LogP contribution in [0.3, 0.4) is 0 Å². The van der Waals surface area contributed by atoms with E-state index in [1.165, 1.54) is 22.1 Å². The fourth-order valence-corrected chi connectivity index (χ4v) is 3.99. The lowest BCUT2D eigenvalue weighted by Crippen LogP contribution is -2.28. The summed E-state index contributed by atoms with van der Waals surface area (Å²) in [5.41, 5.74) is 6.99. The van der Waals surface area contributed by atoms with E-state index in [0.29, 0.717) is 0 Å². The van der Waals surface area contributed by atoms with Crippen molar-refractivity contribution < 1.29 is 0 Å². The molecule has 0 bridgehead atoms. The number of aromatic nitrogens is 4. The maximum absolute atomic E-state index is 6.01. The van der Waals surface area contributed by atoms with Gasteiger partial charge in [0.25, 0.3) is 0 Å². The van der Waals surface area contributed by atoms with Crippen LogP contribution < -0.4 is 0 Å². The quantitative estimate of drug-likeness (QED) is 0.522. The number of fused-ring (bicyclic) bond motifs is 1. The summed E-state index contributed by atoms with van der Waals surface area (Å²) < 4.78 is 0. The molecule has 0 unspecified atom stereocenters. The molecule has 0 saturated heterocycles. The Labute approximate surface area is 168 Å². The van der Waals surface area contributed by atoms with Gasteiger partial charge in [-0.1, -0.05) is 29.8 Å². The van der Waals surface area contributed by atoms with Gasteiger partial charge in [-0.15, -0.1) is 0 Å². The number of rotatable bonds is 4. The second-order valence-electron chi connectivity index (χ2n) is 7.09. The minimum atomic E-state index is 0.742. The molecule has 0 aliphatic carbocycles. The summed E-state index contributed by atoms with van der Waals surface area (Å²) in [5.74, 6) is 0. The van der Waals surface area contributed by atoms with Gasteiger partial charge in [-0.2, -0.15) is 5.10 Å². The van der Waals surface area contributed by atoms with Gasteiger partial charge in [0.05, 0.1) is 11.9 Å². The zero-order chi connectivity index (χ0) is 18.9. The lowest BCUT2D eigenvalue weighted by Gasteiger charge is -2.26. The van der Waals surface area contributed by atoms with Gasteiger partial charge in [0.15, 0.2) is 0 Å². The van der Waals surface area contributed by atoms with Crippen molar-refractivity contribution in [3.8, 4) is 11.3 Å². The van der Waals surface area contributed by atoms with Crippen molar-refractivity contribution in [2.45, 2.75) is 13.0 Å². The van der Waals surface area contributed by atoms with Crippen LogP contribution in [0.4, 0.5) is 0 Å². The molecule has 0 atom stereocenters. The van der Waals surface area contributed by atoms with E-state index in [4.69, 9.17) is 11.6 Å². The molecule has 1 aliphatic heterocycles. The molecule has 0 fully saturated rings. The van der Waals surface area contributed by atoms with Gasteiger partial charge in [0, 0.05) is 53.6 Å². The van der Waals surface area contributed by atoms with Crippen LogP contribution in [-0.2, 0) is 6.54 Å². The van der Waals surface area contributed by atoms with Crippen LogP contribution in [0.1, 0.15) is 17.5 Å². The first kappa shape index (κ1) is 17.2. The Morgan fingerprint density at radius 1 is 1.14 bits per heavy atom. The van der Waals surface area contributed by atoms with Crippen molar-refractivity contribution in [2.24, 2.45) is 0 Å². The molecule has 3 aromatic heterocycles. The second-order valence-corrected chi connectivity index (χ2v) is 7.53. The highest BCUT2D eigenvalue weighted by Gasteiger charge is 2.18. The fraction of sp³-hybridized carbons (Fsp3) is 0.182. The number of hydrogen-bond donors (Lipinski definition) is 2. The first-order valence-electron chi connectivity index (χ1n) is 9.40. The van der Waals surface area contributed by atoms with Crippen molar-refractivity contribution in [2.75, 3.05) is 13.1 Å².